The number of quaternary nitrogens is 2. The maximum Gasteiger partial charge on any atom is 0.306 e. The Labute approximate surface area is 307 Å². The van der Waals surface area contributed by atoms with Gasteiger partial charge in [-0.05, 0) is 60.9 Å². The fraction of sp³-hybridized carbons (Fsp3) is 0.605. The molecule has 4 fully saturated rings. The smallest absolute Gasteiger partial charge is 0.306 e. The summed E-state index contributed by atoms with van der Waals surface area (Å²) in [6, 6.07) is 9.71. The normalized spacial score (nSPS) is 39.2. The lowest BCUT2D eigenvalue weighted by Gasteiger charge is -2.60. The molecule has 0 aromatic heterocycles. The van der Waals surface area contributed by atoms with Crippen molar-refractivity contribution >= 4 is 17.7 Å². The number of carbonyl (C=O) groups is 3. The van der Waals surface area contributed by atoms with Crippen LogP contribution in [-0.4, -0.2) is 91.6 Å². The van der Waals surface area contributed by atoms with E-state index in [1.807, 2.05) is 0 Å². The highest BCUT2D eigenvalue weighted by atomic mass is 16.6. The molecule has 0 amide bonds. The van der Waals surface area contributed by atoms with Crippen LogP contribution in [0.3, 0.4) is 0 Å². The largest absolute Gasteiger partial charge is 0.485 e. The Balaban J connectivity index is 0.000000138. The molecule has 4 aliphatic carbocycles. The third-order valence-corrected chi connectivity index (χ3v) is 15.3. The highest BCUT2D eigenvalue weighted by molar-refractivity contribution is 5.89. The van der Waals surface area contributed by atoms with Crippen LogP contribution in [-0.2, 0) is 47.5 Å². The molecule has 2 saturated carbocycles. The SMILES string of the molecule is C=C1CC[C@H]2C3Cc4ccc(C)c5c4[C@@]2(CC[N@+]3(C)COC(C)=O)[C@H]1O5.CC(=O)OC[N@+]1(C)CC[C@]23c4c5ccc(C)c4O[C@H]2C(=O)CC[C@H]3C1C5. The van der Waals surface area contributed by atoms with Gasteiger partial charge in [-0.25, -0.2) is 0 Å². The Morgan fingerprint density at radius 2 is 1.23 bits per heavy atom. The zero-order valence-corrected chi connectivity index (χ0v) is 31.7. The van der Waals surface area contributed by atoms with E-state index in [-0.39, 0.29) is 40.8 Å². The van der Waals surface area contributed by atoms with E-state index in [1.54, 1.807) is 0 Å². The molecule has 4 bridgehead atoms. The summed E-state index contributed by atoms with van der Waals surface area (Å²) >= 11 is 0. The number of likely N-dealkylation sites (N-methyl/N-ethyl adjacent to an activating group) is 2. The van der Waals surface area contributed by atoms with Crippen molar-refractivity contribution in [3.05, 3.63) is 69.8 Å². The van der Waals surface area contributed by atoms with Crippen LogP contribution in [0.25, 0.3) is 0 Å². The van der Waals surface area contributed by atoms with E-state index < -0.39 is 0 Å². The highest BCUT2D eigenvalue weighted by Gasteiger charge is 2.70. The average Bonchev–Trinajstić information content (AvgIpc) is 3.66. The third kappa shape index (κ3) is 4.44. The van der Waals surface area contributed by atoms with Crippen molar-refractivity contribution in [3.8, 4) is 11.5 Å². The predicted molar refractivity (Wildman–Crippen MR) is 194 cm³/mol. The lowest BCUT2D eigenvalue weighted by Crippen LogP contribution is -2.72. The summed E-state index contributed by atoms with van der Waals surface area (Å²) in [6.45, 7) is 14.5. The summed E-state index contributed by atoms with van der Waals surface area (Å²) in [5, 5.41) is 0. The topological polar surface area (TPSA) is 88.1 Å². The standard InChI is InChI=1S/C22H28NO3.C21H26NO4/c1-13-5-7-16-11-18-17-8-6-14(2)21-22(17,19(16)20(13)26-21)9-10-23(18,4)12-25-15(3)24;1-12-4-5-14-10-16-15-6-7-17(24)20-21(15,18(14)19(12)26-20)8-9-22(16,3)11-25-13(2)23/h5,7,17-18,21H,2,6,8-12H2,1,3-4H3;4-5,15-16,20H,6-11H2,1-3H3/q2*+1/t17-,18?,21-,22-,23+;15-,16?,20-,21-,22-/m00/s1. The number of Topliss-reactive ketones (excluding diaryl/α,β-unsaturated/α-hetero) is 1. The van der Waals surface area contributed by atoms with Crippen molar-refractivity contribution < 1.29 is 42.3 Å². The molecule has 2 unspecified atom stereocenters. The Morgan fingerprint density at radius 3 is 1.73 bits per heavy atom. The van der Waals surface area contributed by atoms with Gasteiger partial charge in [-0.1, -0.05) is 30.8 Å². The molecule has 2 saturated heterocycles. The molecule has 2 aromatic carbocycles. The third-order valence-electron chi connectivity index (χ3n) is 15.3. The fourth-order valence-corrected chi connectivity index (χ4v) is 12.8. The first-order valence-electron chi connectivity index (χ1n) is 19.5. The van der Waals surface area contributed by atoms with Crippen LogP contribution >= 0.6 is 0 Å². The zero-order chi connectivity index (χ0) is 36.5. The number of esters is 2. The molecular formula is C43H54N2O7+2. The van der Waals surface area contributed by atoms with Gasteiger partial charge in [0.1, 0.15) is 17.6 Å². The van der Waals surface area contributed by atoms with Gasteiger partial charge in [0.25, 0.3) is 0 Å². The minimum atomic E-state index is -0.318. The molecule has 52 heavy (non-hydrogen) atoms. The summed E-state index contributed by atoms with van der Waals surface area (Å²) in [6.07, 6.45) is 7.57. The highest BCUT2D eigenvalue weighted by Crippen LogP contribution is 2.65. The van der Waals surface area contributed by atoms with Gasteiger partial charge < -0.3 is 18.9 Å². The molecule has 8 aliphatic rings. The van der Waals surface area contributed by atoms with E-state index >= 15 is 0 Å². The fourth-order valence-electron chi connectivity index (χ4n) is 12.8. The minimum absolute atomic E-state index is 0.0862. The van der Waals surface area contributed by atoms with Crippen LogP contribution in [0.15, 0.2) is 36.4 Å². The summed E-state index contributed by atoms with van der Waals surface area (Å²) in [5.41, 5.74) is 9.16. The second-order valence-electron chi connectivity index (χ2n) is 18.0. The molecule has 2 spiro atoms. The van der Waals surface area contributed by atoms with E-state index in [2.05, 4.69) is 58.8 Å². The molecule has 0 radical (unpaired) electrons. The lowest BCUT2D eigenvalue weighted by molar-refractivity contribution is -0.959. The number of carbonyl (C=O) groups excluding carboxylic acids is 3. The van der Waals surface area contributed by atoms with Crippen molar-refractivity contribution in [2.75, 3.05) is 40.6 Å². The number of rotatable bonds is 4. The van der Waals surface area contributed by atoms with Gasteiger partial charge in [-0.15, -0.1) is 0 Å². The van der Waals surface area contributed by atoms with Crippen molar-refractivity contribution in [2.45, 2.75) is 114 Å². The summed E-state index contributed by atoms with van der Waals surface area (Å²) in [5.74, 6) is 2.95. The van der Waals surface area contributed by atoms with Crippen molar-refractivity contribution in [2.24, 2.45) is 11.8 Å². The second-order valence-corrected chi connectivity index (χ2v) is 18.0. The first kappa shape index (κ1) is 34.1. The van der Waals surface area contributed by atoms with Gasteiger partial charge in [-0.2, -0.15) is 0 Å². The minimum Gasteiger partial charge on any atom is -0.485 e. The van der Waals surface area contributed by atoms with Gasteiger partial charge in [0.05, 0.1) is 50.1 Å². The Bertz CT molecular complexity index is 1800. The Morgan fingerprint density at radius 1 is 0.769 bits per heavy atom. The maximum absolute atomic E-state index is 12.8. The quantitative estimate of drug-likeness (QED) is 0.235. The van der Waals surface area contributed by atoms with Crippen molar-refractivity contribution in [1.29, 1.82) is 0 Å². The zero-order valence-electron chi connectivity index (χ0n) is 31.7. The van der Waals surface area contributed by atoms with E-state index in [9.17, 15) is 14.4 Å². The molecule has 4 aliphatic heterocycles. The Kier molecular flexibility index (Phi) is 7.48. The molecule has 10 atom stereocenters. The van der Waals surface area contributed by atoms with Crippen LogP contribution < -0.4 is 9.47 Å². The number of ether oxygens (including phenoxy) is 4. The van der Waals surface area contributed by atoms with Gasteiger partial charge in [0.15, 0.2) is 11.9 Å². The van der Waals surface area contributed by atoms with Crippen molar-refractivity contribution in [3.63, 3.8) is 0 Å². The lowest BCUT2D eigenvalue weighted by atomic mass is 9.50. The van der Waals surface area contributed by atoms with Gasteiger partial charge >= 0.3 is 11.9 Å². The number of nitrogens with zero attached hydrogens (tertiary/aromatic N) is 2. The number of likely N-dealkylation sites (tertiary alicyclic amines) is 2. The van der Waals surface area contributed by atoms with Crippen LogP contribution in [0.5, 0.6) is 11.5 Å². The van der Waals surface area contributed by atoms with E-state index in [1.165, 1.54) is 53.7 Å². The van der Waals surface area contributed by atoms with E-state index in [0.717, 1.165) is 77.6 Å². The Hall–Kier alpha value is -3.69. The first-order chi connectivity index (χ1) is 24.7. The first-order valence-corrected chi connectivity index (χ1v) is 19.5. The molecule has 0 N–H and O–H groups in total. The van der Waals surface area contributed by atoms with Crippen molar-refractivity contribution in [1.82, 2.24) is 0 Å². The summed E-state index contributed by atoms with van der Waals surface area (Å²) < 4.78 is 25.5. The van der Waals surface area contributed by atoms with Gasteiger partial charge in [0, 0.05) is 68.9 Å². The second kappa shape index (κ2) is 11.4. The van der Waals surface area contributed by atoms with Crippen LogP contribution in [0.4, 0.5) is 0 Å². The number of hydrogen-bond acceptors (Lipinski definition) is 7. The molecule has 9 nitrogen and oxygen atoms in total. The molecule has 276 valence electrons. The van der Waals surface area contributed by atoms with Crippen LogP contribution in [0, 0.1) is 25.7 Å². The number of aryl methyl sites for hydroxylation is 2. The van der Waals surface area contributed by atoms with Gasteiger partial charge in [-0.3, -0.25) is 23.3 Å². The number of ketones is 1. The van der Waals surface area contributed by atoms with Gasteiger partial charge in [0.2, 0.25) is 13.5 Å². The van der Waals surface area contributed by atoms with E-state index in [0.29, 0.717) is 43.8 Å². The monoisotopic (exact) mass is 710 g/mol. The number of piperidine rings is 2. The number of benzene rings is 2. The van der Waals surface area contributed by atoms with Crippen LogP contribution in [0.2, 0.25) is 0 Å². The average molecular weight is 711 g/mol. The molecular weight excluding hydrogens is 656 g/mol. The predicted octanol–water partition coefficient (Wildman–Crippen LogP) is 5.52. The molecule has 9 heteroatoms. The summed E-state index contributed by atoms with van der Waals surface area (Å²) in [7, 11) is 4.48. The number of hydrogen-bond donors (Lipinski definition) is 0. The van der Waals surface area contributed by atoms with Crippen LogP contribution in [0.1, 0.15) is 85.8 Å². The maximum atomic E-state index is 12.8. The molecule has 4 heterocycles. The summed E-state index contributed by atoms with van der Waals surface area (Å²) in [4.78, 5) is 35.7. The molecule has 2 aromatic rings. The molecule has 10 rings (SSSR count). The van der Waals surface area contributed by atoms with E-state index in [4.69, 9.17) is 18.9 Å².